The van der Waals surface area contributed by atoms with Crippen LogP contribution in [0, 0.1) is 11.6 Å². The van der Waals surface area contributed by atoms with Crippen LogP contribution >= 0.6 is 15.9 Å². The van der Waals surface area contributed by atoms with Gasteiger partial charge in [-0.25, -0.2) is 8.78 Å². The maximum atomic E-state index is 13.4. The zero-order valence-electron chi connectivity index (χ0n) is 11.6. The molecular weight excluding hydrogens is 340 g/mol. The average molecular weight is 356 g/mol. The number of benzene rings is 2. The fraction of sp³-hybridized carbons (Fsp3) is 0.250. The monoisotopic (exact) mass is 355 g/mol. The van der Waals surface area contributed by atoms with Crippen molar-refractivity contribution in [2.75, 3.05) is 0 Å². The minimum Gasteiger partial charge on any atom is -0.489 e. The average Bonchev–Trinajstić information content (AvgIpc) is 2.41. The van der Waals surface area contributed by atoms with Crippen molar-refractivity contribution in [1.82, 2.24) is 0 Å². The number of hydrogen-bond acceptors (Lipinski definition) is 2. The summed E-state index contributed by atoms with van der Waals surface area (Å²) in [5, 5.41) is 0. The van der Waals surface area contributed by atoms with Crippen LogP contribution in [-0.4, -0.2) is 6.04 Å². The quantitative estimate of drug-likeness (QED) is 0.872. The first-order valence-electron chi connectivity index (χ1n) is 6.57. The highest BCUT2D eigenvalue weighted by atomic mass is 79.9. The molecule has 2 rings (SSSR count). The van der Waals surface area contributed by atoms with Gasteiger partial charge in [-0.3, -0.25) is 0 Å². The van der Waals surface area contributed by atoms with Crippen LogP contribution in [0.1, 0.15) is 18.1 Å². The van der Waals surface area contributed by atoms with E-state index in [1.54, 1.807) is 18.2 Å². The normalized spacial score (nSPS) is 12.2. The number of ether oxygens (including phenoxy) is 1. The van der Waals surface area contributed by atoms with Gasteiger partial charge in [0, 0.05) is 11.6 Å². The van der Waals surface area contributed by atoms with Gasteiger partial charge in [0.25, 0.3) is 0 Å². The highest BCUT2D eigenvalue weighted by Gasteiger charge is 2.10. The smallest absolute Gasteiger partial charge is 0.137 e. The van der Waals surface area contributed by atoms with Crippen LogP contribution in [0.4, 0.5) is 8.78 Å². The molecule has 21 heavy (non-hydrogen) atoms. The summed E-state index contributed by atoms with van der Waals surface area (Å²) in [7, 11) is 0. The maximum Gasteiger partial charge on any atom is 0.137 e. The van der Waals surface area contributed by atoms with E-state index in [0.29, 0.717) is 27.8 Å². The van der Waals surface area contributed by atoms with Gasteiger partial charge in [-0.05, 0) is 59.1 Å². The Kier molecular flexibility index (Phi) is 5.31. The van der Waals surface area contributed by atoms with E-state index in [1.165, 1.54) is 18.2 Å². The van der Waals surface area contributed by atoms with Gasteiger partial charge in [0.1, 0.15) is 24.0 Å². The second-order valence-corrected chi connectivity index (χ2v) is 5.73. The van der Waals surface area contributed by atoms with Gasteiger partial charge in [-0.15, -0.1) is 0 Å². The van der Waals surface area contributed by atoms with Gasteiger partial charge >= 0.3 is 0 Å². The van der Waals surface area contributed by atoms with Crippen molar-refractivity contribution in [3.63, 3.8) is 0 Å². The predicted octanol–water partition coefficient (Wildman–Crippen LogP) is 4.20. The van der Waals surface area contributed by atoms with Crippen LogP contribution in [0.15, 0.2) is 40.9 Å². The second-order valence-electron chi connectivity index (χ2n) is 4.94. The molecule has 2 N–H and O–H groups in total. The zero-order valence-corrected chi connectivity index (χ0v) is 13.2. The Morgan fingerprint density at radius 1 is 1.19 bits per heavy atom. The topological polar surface area (TPSA) is 35.2 Å². The molecule has 0 bridgehead atoms. The van der Waals surface area contributed by atoms with Gasteiger partial charge in [-0.2, -0.15) is 0 Å². The van der Waals surface area contributed by atoms with Crippen molar-refractivity contribution in [2.24, 2.45) is 5.73 Å². The van der Waals surface area contributed by atoms with E-state index in [4.69, 9.17) is 10.5 Å². The lowest BCUT2D eigenvalue weighted by molar-refractivity contribution is 0.300. The molecule has 0 aliphatic rings. The van der Waals surface area contributed by atoms with E-state index in [-0.39, 0.29) is 24.3 Å². The first-order chi connectivity index (χ1) is 9.97. The molecule has 2 nitrogen and oxygen atoms in total. The lowest BCUT2D eigenvalue weighted by atomic mass is 10.1. The highest BCUT2D eigenvalue weighted by Crippen LogP contribution is 2.25. The van der Waals surface area contributed by atoms with Crippen molar-refractivity contribution >= 4 is 15.9 Å². The van der Waals surface area contributed by atoms with E-state index >= 15 is 0 Å². The van der Waals surface area contributed by atoms with E-state index in [1.807, 2.05) is 6.92 Å². The van der Waals surface area contributed by atoms with Crippen LogP contribution in [0.25, 0.3) is 0 Å². The Labute approximate surface area is 131 Å². The molecule has 5 heteroatoms. The third-order valence-electron chi connectivity index (χ3n) is 2.98. The third kappa shape index (κ3) is 4.25. The first-order valence-corrected chi connectivity index (χ1v) is 7.36. The second kappa shape index (κ2) is 7.00. The summed E-state index contributed by atoms with van der Waals surface area (Å²) in [5.74, 6) is -0.110. The molecule has 0 aliphatic carbocycles. The molecule has 1 unspecified atom stereocenters. The Bertz CT molecular complexity index is 632. The van der Waals surface area contributed by atoms with E-state index in [9.17, 15) is 8.78 Å². The largest absolute Gasteiger partial charge is 0.489 e. The van der Waals surface area contributed by atoms with Crippen LogP contribution in [-0.2, 0) is 13.0 Å². The number of nitrogens with two attached hydrogens (primary N) is 1. The summed E-state index contributed by atoms with van der Waals surface area (Å²) < 4.78 is 32.8. The molecule has 0 saturated heterocycles. The molecule has 0 saturated carbocycles. The maximum absolute atomic E-state index is 13.4. The molecule has 112 valence electrons. The van der Waals surface area contributed by atoms with E-state index < -0.39 is 0 Å². The molecule has 0 fully saturated rings. The van der Waals surface area contributed by atoms with E-state index in [0.717, 1.165) is 0 Å². The summed E-state index contributed by atoms with van der Waals surface area (Å²) in [6.07, 6.45) is 0.511. The molecule has 0 amide bonds. The first kappa shape index (κ1) is 15.9. The number of halogens is 3. The van der Waals surface area contributed by atoms with Crippen molar-refractivity contribution in [2.45, 2.75) is 26.0 Å². The minimum absolute atomic E-state index is 0.102. The van der Waals surface area contributed by atoms with Crippen LogP contribution in [0.2, 0.25) is 0 Å². The molecule has 0 aliphatic heterocycles. The molecule has 0 aromatic heterocycles. The van der Waals surface area contributed by atoms with E-state index in [2.05, 4.69) is 15.9 Å². The summed E-state index contributed by atoms with van der Waals surface area (Å²) in [4.78, 5) is 0. The minimum atomic E-state index is -0.342. The molecule has 0 heterocycles. The lowest BCUT2D eigenvalue weighted by Gasteiger charge is -2.14. The van der Waals surface area contributed by atoms with Gasteiger partial charge in [0.2, 0.25) is 0 Å². The van der Waals surface area contributed by atoms with Crippen LogP contribution < -0.4 is 10.5 Å². The SMILES string of the molecule is CC(N)Cc1cc(F)ccc1OCc1cccc(F)c1Br. The van der Waals surface area contributed by atoms with Crippen molar-refractivity contribution < 1.29 is 13.5 Å². The van der Waals surface area contributed by atoms with Crippen molar-refractivity contribution in [3.05, 3.63) is 63.6 Å². The Hall–Kier alpha value is -1.46. The van der Waals surface area contributed by atoms with Crippen molar-refractivity contribution in [3.8, 4) is 5.75 Å². The van der Waals surface area contributed by atoms with Crippen LogP contribution in [0.3, 0.4) is 0 Å². The van der Waals surface area contributed by atoms with Gasteiger partial charge in [0.05, 0.1) is 4.47 Å². The molecule has 2 aromatic carbocycles. The van der Waals surface area contributed by atoms with Gasteiger partial charge < -0.3 is 10.5 Å². The van der Waals surface area contributed by atoms with Gasteiger partial charge in [0.15, 0.2) is 0 Å². The summed E-state index contributed by atoms with van der Waals surface area (Å²) in [6, 6.07) is 8.97. The number of rotatable bonds is 5. The van der Waals surface area contributed by atoms with Crippen LogP contribution in [0.5, 0.6) is 5.75 Å². The molecular formula is C16H16BrF2NO. The van der Waals surface area contributed by atoms with Gasteiger partial charge in [-0.1, -0.05) is 12.1 Å². The zero-order chi connectivity index (χ0) is 15.4. The molecule has 1 atom stereocenters. The number of hydrogen-bond donors (Lipinski definition) is 1. The molecule has 0 spiro atoms. The molecule has 2 aromatic rings. The fourth-order valence-corrected chi connectivity index (χ4v) is 2.39. The summed E-state index contributed by atoms with van der Waals surface area (Å²) in [6.45, 7) is 2.04. The lowest BCUT2D eigenvalue weighted by Crippen LogP contribution is -2.18. The standard InChI is InChI=1S/C16H16BrF2NO/c1-10(20)7-12-8-13(18)5-6-15(12)21-9-11-3-2-4-14(19)16(11)17/h2-6,8,10H,7,9,20H2,1H3. The van der Waals surface area contributed by atoms with Crippen molar-refractivity contribution in [1.29, 1.82) is 0 Å². The summed E-state index contributed by atoms with van der Waals surface area (Å²) >= 11 is 3.19. The Morgan fingerprint density at radius 2 is 1.95 bits per heavy atom. The third-order valence-corrected chi connectivity index (χ3v) is 3.87. The summed E-state index contributed by atoms with van der Waals surface area (Å²) in [5.41, 5.74) is 7.15. The molecule has 0 radical (unpaired) electrons. The predicted molar refractivity (Wildman–Crippen MR) is 82.2 cm³/mol. The Balaban J connectivity index is 2.18. The fourth-order valence-electron chi connectivity index (χ4n) is 2.01. The highest BCUT2D eigenvalue weighted by molar-refractivity contribution is 9.10. The Morgan fingerprint density at radius 3 is 2.67 bits per heavy atom.